The summed E-state index contributed by atoms with van der Waals surface area (Å²) in [5, 5.41) is 14.2. The third kappa shape index (κ3) is 3.94. The van der Waals surface area contributed by atoms with Crippen LogP contribution in [0.1, 0.15) is 27.2 Å². The average molecular weight is 194 g/mol. The highest BCUT2D eigenvalue weighted by atomic mass is 16.3. The molecule has 0 aromatic rings. The molecule has 0 spiro atoms. The quantitative estimate of drug-likeness (QED) is 0.651. The van der Waals surface area contributed by atoms with Crippen LogP contribution in [0.3, 0.4) is 0 Å². The maximum absolute atomic E-state index is 9.04. The van der Waals surface area contributed by atoms with E-state index in [9.17, 15) is 0 Å². The Hall–Kier alpha value is -1.51. The Kier molecular flexibility index (Phi) is 6.20. The van der Waals surface area contributed by atoms with Crippen molar-refractivity contribution in [1.82, 2.24) is 5.01 Å². The van der Waals surface area contributed by atoms with Crippen LogP contribution in [0.2, 0.25) is 0 Å². The van der Waals surface area contributed by atoms with Gasteiger partial charge in [-0.15, -0.1) is 0 Å². The molecule has 0 atom stereocenters. The summed E-state index contributed by atoms with van der Waals surface area (Å²) in [4.78, 5) is 0. The Balaban J connectivity index is 0.000000500. The summed E-state index contributed by atoms with van der Waals surface area (Å²) in [7, 11) is 0. The fourth-order valence-electron chi connectivity index (χ4n) is 0.841. The maximum atomic E-state index is 9.04. The fourth-order valence-corrected chi connectivity index (χ4v) is 0.841. The second-order valence-corrected chi connectivity index (χ2v) is 2.79. The Bertz CT molecular complexity index is 264. The van der Waals surface area contributed by atoms with E-state index in [0.717, 1.165) is 5.70 Å². The van der Waals surface area contributed by atoms with Crippen molar-refractivity contribution < 1.29 is 5.11 Å². The number of hydrazone groups is 1. The van der Waals surface area contributed by atoms with E-state index in [1.54, 1.807) is 12.2 Å². The number of allylic oxidation sites excluding steroid dienone is 3. The van der Waals surface area contributed by atoms with Gasteiger partial charge in [0.25, 0.3) is 0 Å². The minimum absolute atomic E-state index is 0.183. The molecule has 0 unspecified atom stereocenters. The van der Waals surface area contributed by atoms with Crippen LogP contribution in [-0.2, 0) is 0 Å². The summed E-state index contributed by atoms with van der Waals surface area (Å²) in [6.45, 7) is 9.51. The summed E-state index contributed by atoms with van der Waals surface area (Å²) in [6, 6.07) is 0. The minimum atomic E-state index is 0.183. The molecule has 0 saturated heterocycles. The average Bonchev–Trinajstić information content (AvgIpc) is 2.19. The van der Waals surface area contributed by atoms with Crippen LogP contribution in [0.15, 0.2) is 41.0 Å². The van der Waals surface area contributed by atoms with Crippen LogP contribution in [0, 0.1) is 0 Å². The van der Waals surface area contributed by atoms with Gasteiger partial charge in [0.15, 0.2) is 0 Å². The number of hydrogen-bond donors (Lipinski definition) is 1. The molecule has 1 heterocycles. The smallest absolute Gasteiger partial charge is 0.133 e. The van der Waals surface area contributed by atoms with E-state index in [1.165, 1.54) is 17.6 Å². The molecule has 78 valence electrons. The molecule has 1 N–H and O–H groups in total. The van der Waals surface area contributed by atoms with Gasteiger partial charge in [-0.25, -0.2) is 5.01 Å². The van der Waals surface area contributed by atoms with E-state index in [1.807, 2.05) is 13.0 Å². The van der Waals surface area contributed by atoms with Gasteiger partial charge in [-0.2, -0.15) is 5.10 Å². The van der Waals surface area contributed by atoms with Crippen molar-refractivity contribution in [3.63, 3.8) is 0 Å². The third-order valence-electron chi connectivity index (χ3n) is 1.39. The van der Waals surface area contributed by atoms with Gasteiger partial charge in [-0.3, -0.25) is 0 Å². The Morgan fingerprint density at radius 2 is 2.07 bits per heavy atom. The molecule has 0 aromatic heterocycles. The first kappa shape index (κ1) is 12.5. The molecule has 0 bridgehead atoms. The molecule has 3 nitrogen and oxygen atoms in total. The van der Waals surface area contributed by atoms with Crippen molar-refractivity contribution in [3.8, 4) is 0 Å². The molecule has 0 radical (unpaired) electrons. The summed E-state index contributed by atoms with van der Waals surface area (Å²) in [5.74, 6) is 0.183. The molecule has 14 heavy (non-hydrogen) atoms. The van der Waals surface area contributed by atoms with Crippen LogP contribution < -0.4 is 0 Å². The summed E-state index contributed by atoms with van der Waals surface area (Å²) >= 11 is 0. The van der Waals surface area contributed by atoms with E-state index >= 15 is 0 Å². The summed E-state index contributed by atoms with van der Waals surface area (Å²) in [6.07, 6.45) is 8.01. The second kappa shape index (κ2) is 6.95. The van der Waals surface area contributed by atoms with Crippen molar-refractivity contribution in [2.24, 2.45) is 5.10 Å². The van der Waals surface area contributed by atoms with Crippen molar-refractivity contribution in [2.75, 3.05) is 0 Å². The van der Waals surface area contributed by atoms with E-state index in [2.05, 4.69) is 25.7 Å². The van der Waals surface area contributed by atoms with Gasteiger partial charge in [0.1, 0.15) is 5.76 Å². The summed E-state index contributed by atoms with van der Waals surface area (Å²) in [5.41, 5.74) is 0.901. The molecule has 1 aliphatic rings. The first-order chi connectivity index (χ1) is 6.69. The zero-order valence-electron chi connectivity index (χ0n) is 9.07. The van der Waals surface area contributed by atoms with Gasteiger partial charge in [0.2, 0.25) is 0 Å². The van der Waals surface area contributed by atoms with Crippen LogP contribution in [0.25, 0.3) is 0 Å². The lowest BCUT2D eigenvalue weighted by molar-refractivity contribution is 0.394. The zero-order valence-corrected chi connectivity index (χ0v) is 9.07. The van der Waals surface area contributed by atoms with Crippen molar-refractivity contribution >= 4 is 6.72 Å². The molecular formula is C11H18N2O. The van der Waals surface area contributed by atoms with Crippen LogP contribution in [0.4, 0.5) is 0 Å². The van der Waals surface area contributed by atoms with Gasteiger partial charge in [0, 0.05) is 6.72 Å². The predicted octanol–water partition coefficient (Wildman–Crippen LogP) is 3.19. The normalized spacial score (nSPS) is 17.2. The lowest BCUT2D eigenvalue weighted by atomic mass is 10.3. The van der Waals surface area contributed by atoms with E-state index in [-0.39, 0.29) is 5.76 Å². The predicted molar refractivity (Wildman–Crippen MR) is 61.0 cm³/mol. The molecule has 1 rings (SSSR count). The largest absolute Gasteiger partial charge is 0.506 e. The Labute approximate surface area is 85.7 Å². The van der Waals surface area contributed by atoms with Gasteiger partial charge < -0.3 is 5.11 Å². The van der Waals surface area contributed by atoms with Crippen LogP contribution in [-0.4, -0.2) is 16.8 Å². The van der Waals surface area contributed by atoms with E-state index < -0.39 is 0 Å². The van der Waals surface area contributed by atoms with Gasteiger partial charge in [-0.05, 0) is 19.1 Å². The molecular weight excluding hydrogens is 176 g/mol. The SMILES string of the molecule is C=NN1C=C(O)C=C/C1=C/C.CCC. The van der Waals surface area contributed by atoms with Gasteiger partial charge in [0.05, 0.1) is 11.9 Å². The first-order valence-corrected chi connectivity index (χ1v) is 4.70. The number of aliphatic hydroxyl groups is 1. The molecule has 0 fully saturated rings. The minimum Gasteiger partial charge on any atom is -0.506 e. The number of hydrogen-bond acceptors (Lipinski definition) is 3. The number of nitrogens with zero attached hydrogens (tertiary/aromatic N) is 2. The zero-order chi connectivity index (χ0) is 11.0. The summed E-state index contributed by atoms with van der Waals surface area (Å²) < 4.78 is 0. The van der Waals surface area contributed by atoms with Crippen molar-refractivity contribution in [2.45, 2.75) is 27.2 Å². The highest BCUT2D eigenvalue weighted by molar-refractivity contribution is 5.32. The standard InChI is InChI=1S/C8H10N2O.C3H8/c1-3-7-4-5-8(11)6-10(7)9-2;1-3-2/h3-6,11H,2H2,1H3;3H2,1-2H3/b7-3-;. The molecule has 0 aliphatic carbocycles. The maximum Gasteiger partial charge on any atom is 0.133 e. The van der Waals surface area contributed by atoms with Gasteiger partial charge in [-0.1, -0.05) is 26.3 Å². The van der Waals surface area contributed by atoms with Crippen molar-refractivity contribution in [3.05, 3.63) is 35.9 Å². The van der Waals surface area contributed by atoms with Crippen LogP contribution in [0.5, 0.6) is 0 Å². The lowest BCUT2D eigenvalue weighted by Gasteiger charge is -2.17. The van der Waals surface area contributed by atoms with E-state index in [4.69, 9.17) is 5.11 Å². The van der Waals surface area contributed by atoms with E-state index in [0.29, 0.717) is 0 Å². The highest BCUT2D eigenvalue weighted by Gasteiger charge is 2.05. The molecule has 0 aromatic carbocycles. The second-order valence-electron chi connectivity index (χ2n) is 2.79. The molecule has 3 heteroatoms. The lowest BCUT2D eigenvalue weighted by Crippen LogP contribution is -2.10. The molecule has 0 amide bonds. The highest BCUT2D eigenvalue weighted by Crippen LogP contribution is 2.14. The van der Waals surface area contributed by atoms with Crippen LogP contribution >= 0.6 is 0 Å². The Morgan fingerprint density at radius 3 is 2.50 bits per heavy atom. The first-order valence-electron chi connectivity index (χ1n) is 4.70. The Morgan fingerprint density at radius 1 is 1.50 bits per heavy atom. The fraction of sp³-hybridized carbons (Fsp3) is 0.364. The van der Waals surface area contributed by atoms with Crippen molar-refractivity contribution in [1.29, 1.82) is 0 Å². The topological polar surface area (TPSA) is 35.8 Å². The molecule has 0 saturated carbocycles. The number of rotatable bonds is 1. The van der Waals surface area contributed by atoms with Gasteiger partial charge >= 0.3 is 0 Å². The molecule has 1 aliphatic heterocycles. The third-order valence-corrected chi connectivity index (χ3v) is 1.39. The number of aliphatic hydroxyl groups excluding tert-OH is 1. The monoisotopic (exact) mass is 194 g/mol.